The zero-order valence-corrected chi connectivity index (χ0v) is 23.7. The monoisotopic (exact) mass is 601 g/mol. The van der Waals surface area contributed by atoms with Gasteiger partial charge in [0, 0.05) is 9.79 Å². The number of benzene rings is 2. The molecule has 15 heteroatoms. The predicted molar refractivity (Wildman–Crippen MR) is 136 cm³/mol. The second-order valence-electron chi connectivity index (χ2n) is 6.84. The molecule has 4 N–H and O–H groups in total. The van der Waals surface area contributed by atoms with Gasteiger partial charge in [-0.05, 0) is 88.0 Å². The van der Waals surface area contributed by atoms with Gasteiger partial charge in [0.05, 0.1) is 0 Å². The van der Waals surface area contributed by atoms with E-state index in [1.54, 1.807) is 48.5 Å². The molecule has 0 saturated heterocycles. The van der Waals surface area contributed by atoms with Gasteiger partial charge >= 0.3 is 16.8 Å². The van der Waals surface area contributed by atoms with Crippen LogP contribution < -0.4 is 0 Å². The summed E-state index contributed by atoms with van der Waals surface area (Å²) in [4.78, 5) is 0.677. The number of hydrogen-bond donors (Lipinski definition) is 4. The molecule has 0 spiro atoms. The Hall–Kier alpha value is -2.95. The topological polar surface area (TPSA) is 211 Å². The molecule has 0 aliphatic heterocycles. The average molecular weight is 602 g/mol. The third-order valence-electron chi connectivity index (χ3n) is 4.07. The van der Waals surface area contributed by atoms with Gasteiger partial charge in [0.1, 0.15) is 22.8 Å². The summed E-state index contributed by atoms with van der Waals surface area (Å²) in [5, 5.41) is 43.3. The third kappa shape index (κ3) is 18.9. The molecule has 2 unspecified atom stereocenters. The van der Waals surface area contributed by atoms with Crippen molar-refractivity contribution in [2.24, 2.45) is 20.6 Å². The van der Waals surface area contributed by atoms with Crippen LogP contribution in [0.5, 0.6) is 0 Å². The fourth-order valence-electron chi connectivity index (χ4n) is 1.59. The molecule has 2 atom stereocenters. The van der Waals surface area contributed by atoms with E-state index in [9.17, 15) is 17.5 Å². The molecule has 207 valence electrons. The zero-order valence-electron chi connectivity index (χ0n) is 21.0. The van der Waals surface area contributed by atoms with Crippen LogP contribution in [0.15, 0.2) is 78.9 Å². The molecule has 0 fully saturated rings. The zero-order chi connectivity index (χ0) is 28.3. The summed E-state index contributed by atoms with van der Waals surface area (Å²) in [6, 6.07) is 13.4. The Morgan fingerprint density at radius 1 is 0.568 bits per heavy atom. The third-order valence-corrected chi connectivity index (χ3v) is 5.39. The summed E-state index contributed by atoms with van der Waals surface area (Å²) in [6.45, 7) is 9.98. The number of hydrogen-bond acceptors (Lipinski definition) is 12. The molecule has 2 aromatic rings. The Morgan fingerprint density at radius 2 is 0.757 bits per heavy atom. The molecule has 0 amide bonds. The molecule has 0 saturated carbocycles. The van der Waals surface area contributed by atoms with Gasteiger partial charge in [0.25, 0.3) is 0 Å². The number of oxime groups is 4. The van der Waals surface area contributed by atoms with Gasteiger partial charge in [-0.15, -0.1) is 0 Å². The standard InChI is InChI=1S/2C7H8O2S.2C4H8N2O2.Co/c2*1-6-2-4-7(5-3-6)10(8)9;2*1-3(5-7)4(2)6-8;/h2*2-5H,1H3,(H,8,9);2*7-8H,1-2H3;/q;;;;+2/p-2/b;;2*5-3+,6-4+;. The van der Waals surface area contributed by atoms with Crippen LogP contribution in [0.25, 0.3) is 0 Å². The molecular weight excluding hydrogens is 571 g/mol. The van der Waals surface area contributed by atoms with Crippen LogP contribution >= 0.6 is 0 Å². The SMILES string of the molecule is CC(=N\O)/C(C)=N/O.CC(=N\O)/C(C)=N/O.Cc1ccc(S(=O)[O-])cc1.Cc1ccc(S(=O)[O-])cc1.[Co+2]. The molecule has 0 heterocycles. The Labute approximate surface area is 231 Å². The van der Waals surface area contributed by atoms with Crippen LogP contribution in [0.4, 0.5) is 0 Å². The van der Waals surface area contributed by atoms with Crippen LogP contribution in [0.2, 0.25) is 0 Å². The first-order valence-corrected chi connectivity index (χ1v) is 12.1. The first kappa shape index (κ1) is 38.6. The molecule has 0 aliphatic carbocycles. The van der Waals surface area contributed by atoms with Crippen molar-refractivity contribution in [3.05, 3.63) is 59.7 Å². The van der Waals surface area contributed by atoms with Crippen molar-refractivity contribution in [1.29, 1.82) is 0 Å². The van der Waals surface area contributed by atoms with Crippen molar-refractivity contribution < 1.29 is 55.1 Å². The quantitative estimate of drug-likeness (QED) is 0.175. The van der Waals surface area contributed by atoms with Gasteiger partial charge < -0.3 is 29.9 Å². The van der Waals surface area contributed by atoms with E-state index in [-0.39, 0.29) is 16.8 Å². The Kier molecular flexibility index (Phi) is 23.2. The second-order valence-corrected chi connectivity index (χ2v) is 8.72. The maximum absolute atomic E-state index is 10.3. The van der Waals surface area contributed by atoms with Crippen molar-refractivity contribution in [2.75, 3.05) is 0 Å². The first-order valence-electron chi connectivity index (χ1n) is 9.91. The van der Waals surface area contributed by atoms with Crippen LogP contribution in [0.1, 0.15) is 38.8 Å². The van der Waals surface area contributed by atoms with E-state index in [4.69, 9.17) is 20.8 Å². The van der Waals surface area contributed by atoms with E-state index >= 15 is 0 Å². The van der Waals surface area contributed by atoms with Crippen LogP contribution in [-0.4, -0.2) is 61.2 Å². The van der Waals surface area contributed by atoms with Gasteiger partial charge in [0.15, 0.2) is 0 Å². The van der Waals surface area contributed by atoms with Crippen molar-refractivity contribution >= 4 is 45.0 Å². The number of aryl methyl sites for hydroxylation is 2. The van der Waals surface area contributed by atoms with Gasteiger partial charge in [-0.3, -0.25) is 8.42 Å². The normalized spacial score (nSPS) is 13.2. The molecule has 37 heavy (non-hydrogen) atoms. The van der Waals surface area contributed by atoms with Crippen molar-refractivity contribution in [3.8, 4) is 0 Å². The summed E-state index contributed by atoms with van der Waals surface area (Å²) < 4.78 is 41.2. The largest absolute Gasteiger partial charge is 2.00 e. The molecule has 12 nitrogen and oxygen atoms in total. The second kappa shape index (κ2) is 22.3. The Morgan fingerprint density at radius 3 is 0.892 bits per heavy atom. The van der Waals surface area contributed by atoms with Gasteiger partial charge in [-0.25, -0.2) is 0 Å². The minimum absolute atomic E-state index is 0. The van der Waals surface area contributed by atoms with Crippen LogP contribution in [0, 0.1) is 13.8 Å². The maximum Gasteiger partial charge on any atom is 2.00 e. The summed E-state index contributed by atoms with van der Waals surface area (Å²) >= 11 is -4.17. The van der Waals surface area contributed by atoms with E-state index in [2.05, 4.69) is 20.6 Å². The van der Waals surface area contributed by atoms with Gasteiger partial charge in [0.2, 0.25) is 0 Å². The van der Waals surface area contributed by atoms with E-state index in [1.165, 1.54) is 27.7 Å². The molecule has 1 radical (unpaired) electrons. The fourth-order valence-corrected chi connectivity index (χ4v) is 2.30. The Balaban J connectivity index is -0.000000416. The molecule has 0 aromatic heterocycles. The number of nitrogens with zero attached hydrogens (tertiary/aromatic N) is 4. The minimum Gasteiger partial charge on any atom is -0.768 e. The average Bonchev–Trinajstić information content (AvgIpc) is 2.88. The van der Waals surface area contributed by atoms with E-state index in [0.717, 1.165) is 11.1 Å². The van der Waals surface area contributed by atoms with Gasteiger partial charge in [-0.1, -0.05) is 56.0 Å². The van der Waals surface area contributed by atoms with Crippen LogP contribution in [-0.2, 0) is 38.9 Å². The maximum atomic E-state index is 10.3. The van der Waals surface area contributed by atoms with Crippen molar-refractivity contribution in [2.45, 2.75) is 51.3 Å². The number of rotatable bonds is 4. The minimum atomic E-state index is -2.09. The smallest absolute Gasteiger partial charge is 0.768 e. The molecular formula is C22H30CoN4O8S2. The summed E-state index contributed by atoms with van der Waals surface area (Å²) in [7, 11) is 0. The van der Waals surface area contributed by atoms with Gasteiger partial charge in [-0.2, -0.15) is 0 Å². The summed E-state index contributed by atoms with van der Waals surface area (Å²) in [5.74, 6) is 0. The first-order chi connectivity index (χ1) is 16.8. The summed E-state index contributed by atoms with van der Waals surface area (Å²) in [6.07, 6.45) is 0. The fraction of sp³-hybridized carbons (Fsp3) is 0.273. The molecule has 2 rings (SSSR count). The Bertz CT molecular complexity index is 971. The summed E-state index contributed by atoms with van der Waals surface area (Å²) in [5.41, 5.74) is 3.38. The van der Waals surface area contributed by atoms with Crippen molar-refractivity contribution in [3.63, 3.8) is 0 Å². The van der Waals surface area contributed by atoms with Crippen molar-refractivity contribution in [1.82, 2.24) is 0 Å². The predicted octanol–water partition coefficient (Wildman–Crippen LogP) is 3.84. The van der Waals surface area contributed by atoms with E-state index in [1.807, 2.05) is 13.8 Å². The van der Waals surface area contributed by atoms with E-state index < -0.39 is 22.2 Å². The van der Waals surface area contributed by atoms with Crippen LogP contribution in [0.3, 0.4) is 0 Å². The molecule has 2 aromatic carbocycles. The molecule has 0 bridgehead atoms. The van der Waals surface area contributed by atoms with E-state index in [0.29, 0.717) is 32.6 Å². The molecule has 0 aliphatic rings.